The molecule has 0 atom stereocenters. The average molecular weight is 310 g/mol. The first kappa shape index (κ1) is 15.0. The second-order valence-corrected chi connectivity index (χ2v) is 4.64. The van der Waals surface area contributed by atoms with Crippen molar-refractivity contribution in [2.24, 2.45) is 5.10 Å². The van der Waals surface area contributed by atoms with Crippen LogP contribution in [0.4, 0.5) is 5.69 Å². The SMILES string of the molecule is COC(=O)c1ccc(Cl)c(NC(=O)C2=NNC(=O)CC2)c1. The summed E-state index contributed by atoms with van der Waals surface area (Å²) in [6.45, 7) is 0. The number of hydrogen-bond donors (Lipinski definition) is 2. The lowest BCUT2D eigenvalue weighted by Crippen LogP contribution is -2.32. The third-order valence-electron chi connectivity index (χ3n) is 2.80. The summed E-state index contributed by atoms with van der Waals surface area (Å²) in [7, 11) is 1.26. The van der Waals surface area contributed by atoms with Crippen molar-refractivity contribution >= 4 is 40.8 Å². The molecule has 1 aliphatic rings. The Balaban J connectivity index is 2.17. The number of amides is 2. The minimum absolute atomic E-state index is 0.189. The molecule has 0 spiro atoms. The summed E-state index contributed by atoms with van der Waals surface area (Å²) >= 11 is 5.97. The summed E-state index contributed by atoms with van der Waals surface area (Å²) in [5, 5.41) is 6.51. The number of hydrogen-bond acceptors (Lipinski definition) is 5. The molecule has 7 nitrogen and oxygen atoms in total. The van der Waals surface area contributed by atoms with Gasteiger partial charge in [0.25, 0.3) is 5.91 Å². The van der Waals surface area contributed by atoms with Gasteiger partial charge >= 0.3 is 5.97 Å². The highest BCUT2D eigenvalue weighted by Crippen LogP contribution is 2.23. The zero-order chi connectivity index (χ0) is 15.4. The lowest BCUT2D eigenvalue weighted by atomic mass is 10.1. The van der Waals surface area contributed by atoms with Crippen molar-refractivity contribution in [2.75, 3.05) is 12.4 Å². The van der Waals surface area contributed by atoms with Crippen molar-refractivity contribution in [1.29, 1.82) is 0 Å². The van der Waals surface area contributed by atoms with Crippen LogP contribution >= 0.6 is 11.6 Å². The van der Waals surface area contributed by atoms with Crippen LogP contribution in [0.2, 0.25) is 5.02 Å². The molecule has 2 amide bonds. The summed E-state index contributed by atoms with van der Waals surface area (Å²) in [4.78, 5) is 34.4. The number of rotatable bonds is 3. The van der Waals surface area contributed by atoms with Gasteiger partial charge in [-0.3, -0.25) is 9.59 Å². The average Bonchev–Trinajstić information content (AvgIpc) is 2.49. The molecule has 0 unspecified atom stereocenters. The summed E-state index contributed by atoms with van der Waals surface area (Å²) in [5.41, 5.74) is 2.95. The van der Waals surface area contributed by atoms with Crippen molar-refractivity contribution in [3.8, 4) is 0 Å². The zero-order valence-electron chi connectivity index (χ0n) is 11.1. The number of benzene rings is 1. The Morgan fingerprint density at radius 3 is 2.76 bits per heavy atom. The standard InChI is InChI=1S/C13H12ClN3O4/c1-21-13(20)7-2-3-8(14)10(6-7)15-12(19)9-4-5-11(18)17-16-9/h2-3,6H,4-5H2,1H3,(H,15,19)(H,17,18). The third-order valence-corrected chi connectivity index (χ3v) is 3.13. The minimum Gasteiger partial charge on any atom is -0.465 e. The van der Waals surface area contributed by atoms with Gasteiger partial charge in [-0.25, -0.2) is 10.2 Å². The highest BCUT2D eigenvalue weighted by atomic mass is 35.5. The van der Waals surface area contributed by atoms with E-state index >= 15 is 0 Å². The van der Waals surface area contributed by atoms with Crippen molar-refractivity contribution in [2.45, 2.75) is 12.8 Å². The number of ether oxygens (including phenoxy) is 1. The van der Waals surface area contributed by atoms with E-state index in [1.165, 1.54) is 25.3 Å². The smallest absolute Gasteiger partial charge is 0.337 e. The fraction of sp³-hybridized carbons (Fsp3) is 0.231. The first-order valence-corrected chi connectivity index (χ1v) is 6.43. The molecule has 0 bridgehead atoms. The summed E-state index contributed by atoms with van der Waals surface area (Å²) in [6.07, 6.45) is 0.439. The lowest BCUT2D eigenvalue weighted by Gasteiger charge is -2.13. The maximum atomic E-state index is 12.0. The van der Waals surface area contributed by atoms with E-state index in [-0.39, 0.29) is 40.7 Å². The summed E-state index contributed by atoms with van der Waals surface area (Å²) in [5.74, 6) is -1.26. The van der Waals surface area contributed by atoms with Gasteiger partial charge in [-0.15, -0.1) is 0 Å². The molecular weight excluding hydrogens is 298 g/mol. The number of methoxy groups -OCH3 is 1. The first-order valence-electron chi connectivity index (χ1n) is 6.06. The Morgan fingerprint density at radius 2 is 2.14 bits per heavy atom. The lowest BCUT2D eigenvalue weighted by molar-refractivity contribution is -0.121. The topological polar surface area (TPSA) is 96.9 Å². The van der Waals surface area contributed by atoms with E-state index < -0.39 is 11.9 Å². The molecule has 21 heavy (non-hydrogen) atoms. The van der Waals surface area contributed by atoms with E-state index in [1.807, 2.05) is 0 Å². The van der Waals surface area contributed by atoms with Crippen LogP contribution in [0.1, 0.15) is 23.2 Å². The highest BCUT2D eigenvalue weighted by Gasteiger charge is 2.19. The van der Waals surface area contributed by atoms with Gasteiger partial charge in [0, 0.05) is 12.8 Å². The van der Waals surface area contributed by atoms with E-state index in [0.717, 1.165) is 0 Å². The number of anilines is 1. The number of carbonyl (C=O) groups is 3. The number of carbonyl (C=O) groups excluding carboxylic acids is 3. The number of nitrogens with one attached hydrogen (secondary N) is 2. The summed E-state index contributed by atoms with van der Waals surface area (Å²) in [6, 6.07) is 4.38. The molecule has 110 valence electrons. The van der Waals surface area contributed by atoms with Crippen molar-refractivity contribution in [3.05, 3.63) is 28.8 Å². The van der Waals surface area contributed by atoms with Crippen LogP contribution in [0.25, 0.3) is 0 Å². The number of hydrazone groups is 1. The Bertz CT molecular complexity index is 642. The second-order valence-electron chi connectivity index (χ2n) is 4.23. The van der Waals surface area contributed by atoms with E-state index in [0.29, 0.717) is 0 Å². The van der Waals surface area contributed by atoms with E-state index in [4.69, 9.17) is 11.6 Å². The fourth-order valence-electron chi connectivity index (χ4n) is 1.70. The molecule has 0 aromatic heterocycles. The van der Waals surface area contributed by atoms with Crippen LogP contribution in [0.5, 0.6) is 0 Å². The Labute approximate surface area is 125 Å². The van der Waals surface area contributed by atoms with E-state index in [9.17, 15) is 14.4 Å². The van der Waals surface area contributed by atoms with Gasteiger partial charge in [0.15, 0.2) is 0 Å². The van der Waals surface area contributed by atoms with Crippen LogP contribution in [-0.2, 0) is 14.3 Å². The van der Waals surface area contributed by atoms with Gasteiger partial charge in [0.1, 0.15) is 5.71 Å². The quantitative estimate of drug-likeness (QED) is 0.823. The van der Waals surface area contributed by atoms with Crippen LogP contribution < -0.4 is 10.7 Å². The second kappa shape index (κ2) is 6.36. The molecule has 0 saturated carbocycles. The molecule has 1 heterocycles. The van der Waals surface area contributed by atoms with Crippen molar-refractivity contribution < 1.29 is 19.1 Å². The normalized spacial score (nSPS) is 14.0. The van der Waals surface area contributed by atoms with Crippen LogP contribution in [0.15, 0.2) is 23.3 Å². The molecule has 2 rings (SSSR count). The largest absolute Gasteiger partial charge is 0.465 e. The fourth-order valence-corrected chi connectivity index (χ4v) is 1.86. The van der Waals surface area contributed by atoms with Gasteiger partial charge in [0.2, 0.25) is 5.91 Å². The van der Waals surface area contributed by atoms with Crippen LogP contribution in [-0.4, -0.2) is 30.6 Å². The predicted molar refractivity (Wildman–Crippen MR) is 76.2 cm³/mol. The Kier molecular flexibility index (Phi) is 4.54. The molecule has 0 radical (unpaired) electrons. The van der Waals surface area contributed by atoms with E-state index in [1.54, 1.807) is 0 Å². The molecule has 2 N–H and O–H groups in total. The monoisotopic (exact) mass is 309 g/mol. The maximum Gasteiger partial charge on any atom is 0.337 e. The molecule has 1 aromatic carbocycles. The Hall–Kier alpha value is -2.41. The van der Waals surface area contributed by atoms with Crippen LogP contribution in [0, 0.1) is 0 Å². The number of halogens is 1. The third kappa shape index (κ3) is 3.57. The van der Waals surface area contributed by atoms with Crippen molar-refractivity contribution in [3.63, 3.8) is 0 Å². The number of nitrogens with zero attached hydrogens (tertiary/aromatic N) is 1. The number of esters is 1. The Morgan fingerprint density at radius 1 is 1.38 bits per heavy atom. The van der Waals surface area contributed by atoms with Gasteiger partial charge < -0.3 is 10.1 Å². The molecule has 0 fully saturated rings. The minimum atomic E-state index is -0.538. The molecule has 0 saturated heterocycles. The van der Waals surface area contributed by atoms with Gasteiger partial charge in [0.05, 0.1) is 23.4 Å². The molecule has 0 aliphatic carbocycles. The predicted octanol–water partition coefficient (Wildman–Crippen LogP) is 1.33. The van der Waals surface area contributed by atoms with E-state index in [2.05, 4.69) is 20.6 Å². The molecule has 1 aliphatic heterocycles. The van der Waals surface area contributed by atoms with Crippen molar-refractivity contribution in [1.82, 2.24) is 5.43 Å². The molecule has 1 aromatic rings. The molecule has 8 heteroatoms. The highest BCUT2D eigenvalue weighted by molar-refractivity contribution is 6.44. The first-order chi connectivity index (χ1) is 10.0. The summed E-state index contributed by atoms with van der Waals surface area (Å²) < 4.78 is 4.60. The van der Waals surface area contributed by atoms with Crippen LogP contribution in [0.3, 0.4) is 0 Å². The van der Waals surface area contributed by atoms with Gasteiger partial charge in [-0.05, 0) is 18.2 Å². The molecular formula is C13H12ClN3O4. The van der Waals surface area contributed by atoms with Gasteiger partial charge in [-0.1, -0.05) is 11.6 Å². The zero-order valence-corrected chi connectivity index (χ0v) is 11.9. The van der Waals surface area contributed by atoms with Gasteiger partial charge in [-0.2, -0.15) is 5.10 Å². The maximum absolute atomic E-state index is 12.0.